The summed E-state index contributed by atoms with van der Waals surface area (Å²) >= 11 is 5.80. The quantitative estimate of drug-likeness (QED) is 0.807. The van der Waals surface area contributed by atoms with Crippen molar-refractivity contribution in [3.63, 3.8) is 0 Å². The summed E-state index contributed by atoms with van der Waals surface area (Å²) in [6.07, 6.45) is 2.11. The molecule has 86 valence electrons. The molecule has 0 saturated heterocycles. The molecule has 0 unspecified atom stereocenters. The molecule has 0 heterocycles. The third kappa shape index (κ3) is 2.53. The summed E-state index contributed by atoms with van der Waals surface area (Å²) in [4.78, 5) is 11.7. The van der Waals surface area contributed by atoms with E-state index in [1.54, 1.807) is 6.07 Å². The van der Waals surface area contributed by atoms with E-state index in [9.17, 15) is 9.18 Å². The fraction of sp³-hybridized carbons (Fsp3) is 0.417. The number of halogens is 2. The minimum atomic E-state index is -0.397. The molecule has 2 rings (SSSR count). The lowest BCUT2D eigenvalue weighted by atomic mass is 10.1. The summed E-state index contributed by atoms with van der Waals surface area (Å²) in [5.74, 6) is -0.0711. The summed E-state index contributed by atoms with van der Waals surface area (Å²) in [6, 6.07) is 5.67. The molecular weight excluding hydrogens is 229 g/mol. The van der Waals surface area contributed by atoms with Gasteiger partial charge >= 0.3 is 0 Å². The Balaban J connectivity index is 1.93. The molecule has 1 aromatic rings. The van der Waals surface area contributed by atoms with Crippen molar-refractivity contribution in [2.45, 2.75) is 12.8 Å². The lowest BCUT2D eigenvalue weighted by molar-refractivity contribution is 0.0946. The number of amides is 1. The lowest BCUT2D eigenvalue weighted by Crippen LogP contribution is -2.31. The van der Waals surface area contributed by atoms with Crippen LogP contribution < -0.4 is 5.32 Å². The molecule has 0 aliphatic heterocycles. The highest BCUT2D eigenvalue weighted by atomic mass is 35.5. The molecule has 1 aliphatic rings. The van der Waals surface area contributed by atoms with Crippen molar-refractivity contribution in [1.29, 1.82) is 0 Å². The second kappa shape index (κ2) is 4.42. The molecule has 4 heteroatoms. The van der Waals surface area contributed by atoms with Gasteiger partial charge in [-0.3, -0.25) is 4.79 Å². The molecule has 0 atom stereocenters. The third-order valence-corrected chi connectivity index (χ3v) is 3.52. The highest BCUT2D eigenvalue weighted by Gasteiger charge is 2.41. The molecule has 1 aromatic carbocycles. The Kier molecular flexibility index (Phi) is 3.15. The Morgan fingerprint density at radius 1 is 1.50 bits per heavy atom. The number of hydrogen-bond donors (Lipinski definition) is 1. The van der Waals surface area contributed by atoms with Crippen LogP contribution in [0.4, 0.5) is 4.39 Å². The molecule has 1 N–H and O–H groups in total. The fourth-order valence-corrected chi connectivity index (χ4v) is 1.90. The van der Waals surface area contributed by atoms with Crippen LogP contribution in [-0.2, 0) is 0 Å². The van der Waals surface area contributed by atoms with Crippen molar-refractivity contribution >= 4 is 17.5 Å². The Hall–Kier alpha value is -1.09. The number of rotatable bonds is 4. The Morgan fingerprint density at radius 2 is 2.25 bits per heavy atom. The first-order chi connectivity index (χ1) is 7.65. The number of benzene rings is 1. The van der Waals surface area contributed by atoms with E-state index in [4.69, 9.17) is 11.6 Å². The van der Waals surface area contributed by atoms with E-state index in [0.29, 0.717) is 18.0 Å². The fourth-order valence-electron chi connectivity index (χ4n) is 1.53. The second-order valence-corrected chi connectivity index (χ2v) is 4.59. The van der Waals surface area contributed by atoms with Gasteiger partial charge in [-0.15, -0.1) is 11.6 Å². The molecule has 1 amide bonds. The van der Waals surface area contributed by atoms with Gasteiger partial charge in [-0.1, -0.05) is 6.07 Å². The van der Waals surface area contributed by atoms with Crippen molar-refractivity contribution in [3.8, 4) is 0 Å². The van der Waals surface area contributed by atoms with E-state index in [1.807, 2.05) is 0 Å². The molecule has 1 aliphatic carbocycles. The van der Waals surface area contributed by atoms with Crippen LogP contribution in [0.15, 0.2) is 24.3 Å². The van der Waals surface area contributed by atoms with Crippen LogP contribution in [0.3, 0.4) is 0 Å². The van der Waals surface area contributed by atoms with Gasteiger partial charge in [0.1, 0.15) is 5.82 Å². The van der Waals surface area contributed by atoms with E-state index in [1.165, 1.54) is 18.2 Å². The summed E-state index contributed by atoms with van der Waals surface area (Å²) in [6.45, 7) is 0.575. The first-order valence-electron chi connectivity index (χ1n) is 5.25. The van der Waals surface area contributed by atoms with Crippen molar-refractivity contribution in [3.05, 3.63) is 35.6 Å². The van der Waals surface area contributed by atoms with Gasteiger partial charge < -0.3 is 5.32 Å². The van der Waals surface area contributed by atoms with Gasteiger partial charge in [0, 0.05) is 23.4 Å². The third-order valence-electron chi connectivity index (χ3n) is 2.95. The summed E-state index contributed by atoms with van der Waals surface area (Å²) in [5.41, 5.74) is 0.440. The van der Waals surface area contributed by atoms with E-state index in [-0.39, 0.29) is 11.3 Å². The average molecular weight is 242 g/mol. The summed E-state index contributed by atoms with van der Waals surface area (Å²) < 4.78 is 12.9. The number of alkyl halides is 1. The Morgan fingerprint density at radius 3 is 2.81 bits per heavy atom. The maximum atomic E-state index is 12.9. The van der Waals surface area contributed by atoms with Crippen molar-refractivity contribution in [1.82, 2.24) is 5.32 Å². The number of carbonyl (C=O) groups excluding carboxylic acids is 1. The van der Waals surface area contributed by atoms with Crippen molar-refractivity contribution < 1.29 is 9.18 Å². The molecule has 0 bridgehead atoms. The van der Waals surface area contributed by atoms with Gasteiger partial charge in [0.25, 0.3) is 5.91 Å². The van der Waals surface area contributed by atoms with Gasteiger partial charge in [-0.2, -0.15) is 0 Å². The highest BCUT2D eigenvalue weighted by Crippen LogP contribution is 2.45. The van der Waals surface area contributed by atoms with Crippen molar-refractivity contribution in [2.75, 3.05) is 12.4 Å². The zero-order valence-corrected chi connectivity index (χ0v) is 9.56. The highest BCUT2D eigenvalue weighted by molar-refractivity contribution is 6.18. The van der Waals surface area contributed by atoms with Gasteiger partial charge in [0.2, 0.25) is 0 Å². The van der Waals surface area contributed by atoms with Gasteiger partial charge in [-0.05, 0) is 31.0 Å². The van der Waals surface area contributed by atoms with E-state index in [0.717, 1.165) is 12.8 Å². The number of carbonyl (C=O) groups is 1. The largest absolute Gasteiger partial charge is 0.351 e. The van der Waals surface area contributed by atoms with E-state index in [2.05, 4.69) is 5.32 Å². The molecule has 16 heavy (non-hydrogen) atoms. The van der Waals surface area contributed by atoms with Crippen LogP contribution >= 0.6 is 11.6 Å². The number of nitrogens with one attached hydrogen (secondary N) is 1. The van der Waals surface area contributed by atoms with Crippen LogP contribution in [0.1, 0.15) is 23.2 Å². The predicted octanol–water partition coefficient (Wildman–Crippen LogP) is 2.57. The molecular formula is C12H13ClFNO. The average Bonchev–Trinajstić information content (AvgIpc) is 3.07. The number of hydrogen-bond acceptors (Lipinski definition) is 1. The molecule has 0 spiro atoms. The van der Waals surface area contributed by atoms with Crippen molar-refractivity contribution in [2.24, 2.45) is 5.41 Å². The van der Waals surface area contributed by atoms with Crippen LogP contribution in [0.5, 0.6) is 0 Å². The van der Waals surface area contributed by atoms with Gasteiger partial charge in [0.15, 0.2) is 0 Å². The first kappa shape index (κ1) is 11.4. The monoisotopic (exact) mass is 241 g/mol. The molecule has 2 nitrogen and oxygen atoms in total. The first-order valence-corrected chi connectivity index (χ1v) is 5.78. The summed E-state index contributed by atoms with van der Waals surface area (Å²) in [7, 11) is 0. The summed E-state index contributed by atoms with van der Waals surface area (Å²) in [5, 5.41) is 2.79. The second-order valence-electron chi connectivity index (χ2n) is 4.33. The Bertz CT molecular complexity index is 404. The normalized spacial score (nSPS) is 16.9. The minimum absolute atomic E-state index is 0.0878. The predicted molar refractivity (Wildman–Crippen MR) is 61.1 cm³/mol. The SMILES string of the molecule is O=C(NCC1(CCl)CC1)c1cccc(F)c1. The smallest absolute Gasteiger partial charge is 0.251 e. The molecule has 0 aromatic heterocycles. The lowest BCUT2D eigenvalue weighted by Gasteiger charge is -2.12. The molecule has 0 radical (unpaired) electrons. The molecule has 1 fully saturated rings. The zero-order chi connectivity index (χ0) is 11.6. The van der Waals surface area contributed by atoms with Crippen LogP contribution in [0.2, 0.25) is 0 Å². The maximum Gasteiger partial charge on any atom is 0.251 e. The van der Waals surface area contributed by atoms with Gasteiger partial charge in [0.05, 0.1) is 0 Å². The standard InChI is InChI=1S/C12H13ClFNO/c13-7-12(4-5-12)8-15-11(16)9-2-1-3-10(14)6-9/h1-3,6H,4-5,7-8H2,(H,15,16). The van der Waals surface area contributed by atoms with Crippen LogP contribution in [0.25, 0.3) is 0 Å². The Labute approximate surface area is 98.8 Å². The topological polar surface area (TPSA) is 29.1 Å². The zero-order valence-electron chi connectivity index (χ0n) is 8.80. The molecule has 1 saturated carbocycles. The van der Waals surface area contributed by atoms with E-state index >= 15 is 0 Å². The van der Waals surface area contributed by atoms with E-state index < -0.39 is 5.82 Å². The van der Waals surface area contributed by atoms with Crippen LogP contribution in [0, 0.1) is 11.2 Å². The maximum absolute atomic E-state index is 12.9. The van der Waals surface area contributed by atoms with Gasteiger partial charge in [-0.25, -0.2) is 4.39 Å². The van der Waals surface area contributed by atoms with Crippen LogP contribution in [-0.4, -0.2) is 18.3 Å². The minimum Gasteiger partial charge on any atom is -0.351 e.